The molecular formula is C23H25F5N2O5. The number of aromatic nitrogens is 1. The van der Waals surface area contributed by atoms with Crippen LogP contribution in [0, 0.1) is 17.6 Å². The van der Waals surface area contributed by atoms with Gasteiger partial charge in [-0.05, 0) is 25.1 Å². The Morgan fingerprint density at radius 2 is 1.94 bits per heavy atom. The highest BCUT2D eigenvalue weighted by atomic mass is 19.4. The van der Waals surface area contributed by atoms with E-state index in [1.54, 1.807) is 0 Å². The maximum atomic E-state index is 14.4. The Morgan fingerprint density at radius 1 is 1.26 bits per heavy atom. The molecule has 2 aromatic rings. The Kier molecular flexibility index (Phi) is 7.68. The van der Waals surface area contributed by atoms with Gasteiger partial charge < -0.3 is 24.6 Å². The molecule has 1 aliphatic rings. The van der Waals surface area contributed by atoms with Gasteiger partial charge in [-0.15, -0.1) is 0 Å². The molecule has 5 atom stereocenters. The lowest BCUT2D eigenvalue weighted by molar-refractivity contribution is -0.272. The van der Waals surface area contributed by atoms with E-state index in [1.165, 1.54) is 32.4 Å². The minimum Gasteiger partial charge on any atom is -0.493 e. The van der Waals surface area contributed by atoms with Gasteiger partial charge in [0, 0.05) is 24.5 Å². The van der Waals surface area contributed by atoms with Crippen LogP contribution in [-0.2, 0) is 14.3 Å². The van der Waals surface area contributed by atoms with Gasteiger partial charge in [-0.3, -0.25) is 9.78 Å². The molecule has 0 saturated carbocycles. The number of benzene rings is 1. The van der Waals surface area contributed by atoms with Gasteiger partial charge in [0.1, 0.15) is 12.2 Å². The second-order valence-electron chi connectivity index (χ2n) is 8.37. The summed E-state index contributed by atoms with van der Waals surface area (Å²) in [6.07, 6.45) is -6.40. The maximum Gasteiger partial charge on any atom is 0.417 e. The van der Waals surface area contributed by atoms with Crippen LogP contribution in [0.3, 0.4) is 0 Å². The summed E-state index contributed by atoms with van der Waals surface area (Å²) in [6, 6.07) is 4.64. The molecule has 0 spiro atoms. The monoisotopic (exact) mass is 504 g/mol. The number of aliphatic hydroxyl groups is 1. The summed E-state index contributed by atoms with van der Waals surface area (Å²) >= 11 is 0. The molecule has 1 saturated heterocycles. The second-order valence-corrected chi connectivity index (χ2v) is 8.37. The fraction of sp³-hybridized carbons (Fsp3) is 0.478. The molecule has 1 aromatic carbocycles. The van der Waals surface area contributed by atoms with Crippen LogP contribution in [-0.4, -0.2) is 54.7 Å². The fourth-order valence-electron chi connectivity index (χ4n) is 4.17. The Bertz CT molecular complexity index is 1070. The van der Waals surface area contributed by atoms with E-state index in [9.17, 15) is 31.9 Å². The van der Waals surface area contributed by atoms with E-state index < -0.39 is 59.1 Å². The summed E-state index contributed by atoms with van der Waals surface area (Å²) in [7, 11) is 2.44. The first-order valence-corrected chi connectivity index (χ1v) is 10.6. The predicted octanol–water partition coefficient (Wildman–Crippen LogP) is 4.13. The zero-order chi connectivity index (χ0) is 26.1. The highest BCUT2D eigenvalue weighted by molar-refractivity contribution is 5.95. The molecule has 0 unspecified atom stereocenters. The van der Waals surface area contributed by atoms with E-state index in [2.05, 4.69) is 10.3 Å². The van der Waals surface area contributed by atoms with Crippen molar-refractivity contribution in [3.05, 3.63) is 53.4 Å². The van der Waals surface area contributed by atoms with Gasteiger partial charge in [0.2, 0.25) is 5.82 Å². The van der Waals surface area contributed by atoms with Crippen LogP contribution in [0.25, 0.3) is 0 Å². The lowest BCUT2D eigenvalue weighted by Crippen LogP contribution is -2.47. The van der Waals surface area contributed by atoms with E-state index in [1.807, 2.05) is 0 Å². The van der Waals surface area contributed by atoms with Crippen molar-refractivity contribution < 1.29 is 46.1 Å². The van der Waals surface area contributed by atoms with E-state index in [4.69, 9.17) is 14.2 Å². The van der Waals surface area contributed by atoms with E-state index in [0.29, 0.717) is 0 Å². The summed E-state index contributed by atoms with van der Waals surface area (Å²) in [5, 5.41) is 12.4. The number of amides is 1. The van der Waals surface area contributed by atoms with Crippen LogP contribution in [0.4, 0.5) is 27.6 Å². The van der Waals surface area contributed by atoms with Gasteiger partial charge in [0.25, 0.3) is 5.91 Å². The number of carbonyl (C=O) groups is 1. The van der Waals surface area contributed by atoms with Crippen LogP contribution in [0.1, 0.15) is 37.1 Å². The number of nitrogens with zero attached hydrogens (tertiary/aromatic N) is 1. The van der Waals surface area contributed by atoms with Gasteiger partial charge in [0.15, 0.2) is 17.2 Å². The number of alkyl halides is 3. The molecule has 1 amide bonds. The molecule has 7 nitrogen and oxygen atoms in total. The molecule has 192 valence electrons. The van der Waals surface area contributed by atoms with Gasteiger partial charge in [-0.25, -0.2) is 4.39 Å². The number of carbonyl (C=O) groups excluding carboxylic acids is 1. The summed E-state index contributed by atoms with van der Waals surface area (Å²) in [4.78, 5) is 17.1. The average molecular weight is 504 g/mol. The molecule has 1 fully saturated rings. The molecule has 2 N–H and O–H groups in total. The normalized spacial score (nSPS) is 25.4. The van der Waals surface area contributed by atoms with Crippen molar-refractivity contribution >= 4 is 11.6 Å². The predicted molar refractivity (Wildman–Crippen MR) is 114 cm³/mol. The van der Waals surface area contributed by atoms with Crippen LogP contribution in [0.2, 0.25) is 0 Å². The minimum atomic E-state index is -4.87. The first-order chi connectivity index (χ1) is 16.4. The lowest BCUT2D eigenvalue weighted by Gasteiger charge is -2.32. The van der Waals surface area contributed by atoms with Gasteiger partial charge in [-0.1, -0.05) is 13.0 Å². The topological polar surface area (TPSA) is 89.9 Å². The number of anilines is 1. The van der Waals surface area contributed by atoms with Crippen LogP contribution < -0.4 is 10.1 Å². The first-order valence-electron chi connectivity index (χ1n) is 10.6. The van der Waals surface area contributed by atoms with E-state index >= 15 is 0 Å². The Morgan fingerprint density at radius 3 is 2.49 bits per heavy atom. The van der Waals surface area contributed by atoms with Crippen molar-refractivity contribution in [1.29, 1.82) is 0 Å². The van der Waals surface area contributed by atoms with Crippen molar-refractivity contribution in [3.8, 4) is 5.75 Å². The summed E-state index contributed by atoms with van der Waals surface area (Å²) < 4.78 is 85.2. The number of hydrogen-bond donors (Lipinski definition) is 2. The number of ether oxygens (including phenoxy) is 3. The third kappa shape index (κ3) is 4.95. The van der Waals surface area contributed by atoms with Crippen molar-refractivity contribution in [2.75, 3.05) is 26.1 Å². The molecule has 2 heterocycles. The number of aliphatic hydroxyl groups excluding tert-OH is 1. The molecular weight excluding hydrogens is 479 g/mol. The summed E-state index contributed by atoms with van der Waals surface area (Å²) in [5.74, 6) is -6.89. The Balaban J connectivity index is 1.98. The minimum absolute atomic E-state index is 0.0136. The quantitative estimate of drug-likeness (QED) is 0.552. The van der Waals surface area contributed by atoms with Crippen molar-refractivity contribution in [2.45, 2.75) is 43.8 Å². The molecule has 1 aliphatic heterocycles. The third-order valence-electron chi connectivity index (χ3n) is 6.29. The van der Waals surface area contributed by atoms with Gasteiger partial charge in [-0.2, -0.15) is 17.6 Å². The highest BCUT2D eigenvalue weighted by Crippen LogP contribution is 2.55. The number of rotatable bonds is 7. The zero-order valence-corrected chi connectivity index (χ0v) is 19.3. The van der Waals surface area contributed by atoms with Crippen molar-refractivity contribution in [3.63, 3.8) is 0 Å². The van der Waals surface area contributed by atoms with Crippen molar-refractivity contribution in [2.24, 2.45) is 5.92 Å². The number of hydrogen-bond acceptors (Lipinski definition) is 6. The molecule has 0 aliphatic carbocycles. The Labute approximate surface area is 198 Å². The van der Waals surface area contributed by atoms with E-state index in [0.717, 1.165) is 26.2 Å². The number of pyridine rings is 1. The zero-order valence-electron chi connectivity index (χ0n) is 19.3. The van der Waals surface area contributed by atoms with Crippen LogP contribution >= 0.6 is 0 Å². The van der Waals surface area contributed by atoms with Gasteiger partial charge in [0.05, 0.1) is 31.3 Å². The lowest BCUT2D eigenvalue weighted by atomic mass is 9.77. The SMILES string of the molecule is COC[C@H](O)c1ccc(NC(=O)[C@@H]2O[C@@](C)(C(F)(F)F)[C@@H](C)[C@H]2c2ccc(F)c(F)c2OC)cn1. The molecule has 3 rings (SSSR count). The number of halogens is 5. The number of methoxy groups -OCH3 is 2. The largest absolute Gasteiger partial charge is 0.493 e. The second kappa shape index (κ2) is 10.0. The molecule has 1 aromatic heterocycles. The highest BCUT2D eigenvalue weighted by Gasteiger charge is 2.65. The average Bonchev–Trinajstić information content (AvgIpc) is 3.08. The smallest absolute Gasteiger partial charge is 0.417 e. The number of nitrogens with one attached hydrogen (secondary N) is 1. The van der Waals surface area contributed by atoms with E-state index in [-0.39, 0.29) is 23.6 Å². The maximum absolute atomic E-state index is 14.4. The van der Waals surface area contributed by atoms with Crippen molar-refractivity contribution in [1.82, 2.24) is 4.98 Å². The molecule has 12 heteroatoms. The first kappa shape index (κ1) is 26.8. The van der Waals surface area contributed by atoms with Crippen LogP contribution in [0.15, 0.2) is 30.5 Å². The van der Waals surface area contributed by atoms with Crippen LogP contribution in [0.5, 0.6) is 5.75 Å². The molecule has 0 bridgehead atoms. The van der Waals surface area contributed by atoms with Gasteiger partial charge >= 0.3 is 6.18 Å². The third-order valence-corrected chi connectivity index (χ3v) is 6.29. The molecule has 35 heavy (non-hydrogen) atoms. The fourth-order valence-corrected chi connectivity index (χ4v) is 4.17. The molecule has 0 radical (unpaired) electrons. The standard InChI is InChI=1S/C23H25F5N2O5/c1-11-17(13-6-7-14(24)18(25)19(13)34-4)20(35-22(11,2)23(26,27)28)21(32)30-12-5-8-15(29-9-12)16(31)10-33-3/h5-9,11,16-17,20,31H,10H2,1-4H3,(H,30,32)/t11-,16-,17-,20+,22+/m0/s1. The summed E-state index contributed by atoms with van der Waals surface area (Å²) in [6.45, 7) is 2.01. The summed E-state index contributed by atoms with van der Waals surface area (Å²) in [5.41, 5.74) is -2.52. The Hall–Kier alpha value is -2.83.